The van der Waals surface area contributed by atoms with Crippen LogP contribution in [0.5, 0.6) is 0 Å². The minimum absolute atomic E-state index is 0. The Morgan fingerprint density at radius 1 is 0.471 bits per heavy atom. The molecule has 4 aliphatic rings. The number of benzene rings is 3. The van der Waals surface area contributed by atoms with Crippen molar-refractivity contribution in [2.45, 2.75) is 165 Å². The fourth-order valence-electron chi connectivity index (χ4n) is 9.09. The number of alkyl halides is 1. The second-order valence-electron chi connectivity index (χ2n) is 32.7. The maximum atomic E-state index is 12.2. The molecule has 798 valence electrons. The third kappa shape index (κ3) is 86.1. The summed E-state index contributed by atoms with van der Waals surface area (Å²) in [6, 6.07) is 20.3. The predicted molar refractivity (Wildman–Crippen MR) is 522 cm³/mol. The Labute approximate surface area is 895 Å². The molecule has 140 heavy (non-hydrogen) atoms. The van der Waals surface area contributed by atoms with E-state index >= 15 is 0 Å². The molecule has 3 aromatic rings. The minimum atomic E-state index is -1.06. The smallest absolute Gasteiger partial charge is 1.00 e. The van der Waals surface area contributed by atoms with E-state index in [2.05, 4.69) is 37.7 Å². The van der Waals surface area contributed by atoms with Crippen molar-refractivity contribution in [1.82, 2.24) is 40.4 Å². The summed E-state index contributed by atoms with van der Waals surface area (Å²) < 4.78 is 89.5. The Balaban J connectivity index is -0.000000172. The van der Waals surface area contributed by atoms with Crippen LogP contribution in [0, 0.1) is 0 Å². The number of likely N-dealkylation sites (N-methyl/N-ethyl adjacent to an activating group) is 5. The molecule has 0 atom stereocenters. The van der Waals surface area contributed by atoms with Crippen LogP contribution in [0.4, 0.5) is 28.4 Å². The zero-order chi connectivity index (χ0) is 107. The first kappa shape index (κ1) is 148. The van der Waals surface area contributed by atoms with Crippen LogP contribution in [-0.4, -0.2) is 421 Å². The largest absolute Gasteiger partial charge is 1.00 e. The van der Waals surface area contributed by atoms with Gasteiger partial charge in [0.25, 0.3) is 30.1 Å². The van der Waals surface area contributed by atoms with E-state index in [1.54, 1.807) is 163 Å². The first-order valence-corrected chi connectivity index (χ1v) is 44.4. The van der Waals surface area contributed by atoms with Crippen LogP contribution in [0.2, 0.25) is 0 Å². The molecule has 4 aliphatic heterocycles. The molecule has 0 spiro atoms. The van der Waals surface area contributed by atoms with E-state index in [0.29, 0.717) is 171 Å². The van der Waals surface area contributed by atoms with Gasteiger partial charge in [0.15, 0.2) is 17.4 Å². The quantitative estimate of drug-likeness (QED) is 0.00733. The third-order valence-corrected chi connectivity index (χ3v) is 15.1. The summed E-state index contributed by atoms with van der Waals surface area (Å²) in [5.41, 5.74) is 4.87. The monoisotopic (exact) mass is 2040 g/mol. The zero-order valence-electron chi connectivity index (χ0n) is 88.9. The first-order chi connectivity index (χ1) is 65.0. The van der Waals surface area contributed by atoms with Crippen molar-refractivity contribution in [2.24, 2.45) is 5.73 Å². The van der Waals surface area contributed by atoms with Gasteiger partial charge in [0.05, 0.1) is 175 Å². The molecule has 0 radical (unpaired) electrons. The van der Waals surface area contributed by atoms with Gasteiger partial charge in [-0.15, -0.1) is 0 Å². The number of carbonyl (C=O) groups excluding carboxylic acids is 13. The average molecular weight is 2050 g/mol. The second kappa shape index (κ2) is 93.9. The number of nitrogens with one attached hydrogen (secondary N) is 3. The van der Waals surface area contributed by atoms with Crippen molar-refractivity contribution < 1.29 is 236 Å². The number of rotatable bonds is 39. The van der Waals surface area contributed by atoms with Crippen molar-refractivity contribution in [3.05, 3.63) is 111 Å². The maximum absolute atomic E-state index is 12.2. The van der Waals surface area contributed by atoms with Crippen molar-refractivity contribution in [1.29, 1.82) is 0 Å². The summed E-state index contributed by atoms with van der Waals surface area (Å²) in [5, 5.41) is 51.6. The van der Waals surface area contributed by atoms with Gasteiger partial charge in [0.2, 0.25) is 6.41 Å². The van der Waals surface area contributed by atoms with Crippen LogP contribution < -0.4 is 91.9 Å². The summed E-state index contributed by atoms with van der Waals surface area (Å²) >= 11 is 0. The zero-order valence-corrected chi connectivity index (χ0v) is 90.1. The molecule has 43 nitrogen and oxygen atoms in total. The van der Waals surface area contributed by atoms with Gasteiger partial charge in [0.1, 0.15) is 28.0 Å². The average Bonchev–Trinajstić information content (AvgIpc) is 1.64. The van der Waals surface area contributed by atoms with Crippen molar-refractivity contribution in [3.63, 3.8) is 0 Å². The molecular formula is C93H166AlFKLiN10O33. The van der Waals surface area contributed by atoms with E-state index in [4.69, 9.17) is 94.2 Å². The molecule has 4 heterocycles. The minimum Gasteiger partial charge on any atom is -1.00 e. The predicted octanol–water partition coefficient (Wildman–Crippen LogP) is 1.07. The number of ether oxygens (including phenoxy) is 15. The Kier molecular flexibility index (Phi) is 99.3. The van der Waals surface area contributed by atoms with Crippen LogP contribution >= 0.6 is 0 Å². The number of hydrogen-bond acceptors (Lipinski definition) is 36. The van der Waals surface area contributed by atoms with Gasteiger partial charge in [-0.2, -0.15) is 0 Å². The van der Waals surface area contributed by atoms with Crippen LogP contribution in [0.15, 0.2) is 72.8 Å². The fraction of sp³-hybridized carbons (Fsp3) is 0.667. The van der Waals surface area contributed by atoms with E-state index < -0.39 is 65.4 Å². The molecule has 3 aromatic carbocycles. The van der Waals surface area contributed by atoms with Gasteiger partial charge in [0, 0.05) is 105 Å². The van der Waals surface area contributed by atoms with Crippen molar-refractivity contribution in [2.75, 3.05) is 247 Å². The number of halogens is 1. The molecule has 0 aromatic heterocycles. The topological polar surface area (TPSA) is 554 Å². The molecule has 7 rings (SSSR count). The van der Waals surface area contributed by atoms with Gasteiger partial charge in [-0.1, -0.05) is 55.5 Å². The summed E-state index contributed by atoms with van der Waals surface area (Å²) in [6.45, 7) is 44.2. The van der Waals surface area contributed by atoms with E-state index in [0.717, 1.165) is 46.4 Å². The Bertz CT molecular complexity index is 3580. The van der Waals surface area contributed by atoms with Crippen molar-refractivity contribution >= 4 is 96.3 Å². The van der Waals surface area contributed by atoms with Crippen LogP contribution in [-0.2, 0) is 80.6 Å². The summed E-state index contributed by atoms with van der Waals surface area (Å²) in [4.78, 5) is 152. The molecule has 1 fully saturated rings. The van der Waals surface area contributed by atoms with Gasteiger partial charge in [-0.3, -0.25) is 43.0 Å². The van der Waals surface area contributed by atoms with Crippen molar-refractivity contribution in [3.8, 4) is 0 Å². The normalized spacial score (nSPS) is 12.0. The van der Waals surface area contributed by atoms with Gasteiger partial charge in [-0.25, -0.2) is 24.0 Å². The molecule has 10 amide bonds. The number of aliphatic hydroxyl groups excluding tert-OH is 5. The Morgan fingerprint density at radius 2 is 0.743 bits per heavy atom. The number of fused-ring (bicyclic) bond motifs is 3. The maximum Gasteiger partial charge on any atom is 1.00 e. The summed E-state index contributed by atoms with van der Waals surface area (Å²) in [6.07, 6.45) is 0.959. The molecule has 0 aliphatic carbocycles. The number of nitrogens with two attached hydrogens (primary N) is 1. The Morgan fingerprint density at radius 3 is 0.986 bits per heavy atom. The number of imide groups is 3. The van der Waals surface area contributed by atoms with Gasteiger partial charge < -0.3 is 149 Å². The fourth-order valence-corrected chi connectivity index (χ4v) is 9.09. The van der Waals surface area contributed by atoms with Gasteiger partial charge >= 0.3 is 101 Å². The summed E-state index contributed by atoms with van der Waals surface area (Å²) in [7, 11) is 8.69. The molecule has 0 bridgehead atoms. The molecule has 0 saturated carbocycles. The van der Waals surface area contributed by atoms with E-state index in [1.807, 2.05) is 55.6 Å². The second-order valence-corrected chi connectivity index (χ2v) is 32.7. The van der Waals surface area contributed by atoms with E-state index in [1.165, 1.54) is 37.3 Å². The Hall–Kier alpha value is -7.37. The van der Waals surface area contributed by atoms with Crippen LogP contribution in [0.1, 0.15) is 202 Å². The SMILES string of the molecule is C1CCOC1.CC(C)(C)OC(=O)OC(=O)OC(C)(C)C.CCCOCCN(C)C(=O)OC(C)(C)C.CCOC=O.CN(CCOCCN1C(=O)c2ccccc2C1=O)C(=O)OC(C)(C)C.CN(CCOCCO)C(=O)OC(C)(C)C.CNCCOCCN1C(=O)c2ccccc2C1=O.CNCCOCCO.CO.NCCOCCO.O=C1[N-]C(=O)c2ccccc21.O=CNCCOCCO.[2H]CF.[AlH3].[H-].[K+].[Li+]. The van der Waals surface area contributed by atoms with E-state index in [-0.39, 0.29) is 164 Å². The molecule has 1 saturated heterocycles. The summed E-state index contributed by atoms with van der Waals surface area (Å²) in [5.74, 6) is -1.90. The molecule has 10 N–H and O–H groups in total. The molecule has 47 heteroatoms. The first-order valence-electron chi connectivity index (χ1n) is 45.1. The third-order valence-electron chi connectivity index (χ3n) is 15.1. The number of amides is 10. The number of carbonyl (C=O) groups is 13. The van der Waals surface area contributed by atoms with Crippen LogP contribution in [0.25, 0.3) is 5.32 Å². The standard InChI is InChI=1S/C18H24N2O5.C13H16N2O3.C11H23NO3.C10H21NO4.C10H18O5.C8H5NO2.C5H11NO3.C5H13NO2.C4H11NO2.C4H8O.C3H6O2.CH3F.CH4O.Al.K.Li.4H/c1-18(2,3)25-17(23)19(4)9-11-24-12-10-20-15(21)13-7-5-6-8-14(13)16(20)22;1-14-6-8-18-9-7-15-12(16)10-4-2-3-5-11(10)13(15)17;1-6-8-14-9-7-12(5)10(13)15-11(2,3)4;1-10(2,3)15-9(13)11(4)5-7-14-8-6-12;1-9(2,3)14-7(11)13-8(12)15-10(4,5)6;10-7-5-3-1-2-4-6(5)8(11)9-7;7-2-4-9-3-1-6-5-8;1-6-2-4-8-5-3-7;5-1-3-7-4-2-6;1-2-4-5-3-1;1-2-5-3-4;2*1-2;;;;;;;/h5-8H,9-12H2,1-4H3;2-5,14H,6-9H2,1H3;6-9H2,1-5H3;12H,5-8H2,1-4H3;1-6H3;1-4H,(H,9,10,11);5,7H,1-4H2,(H,6,8);6-7H,2-5H2,1H3;6H,1-5H2;1-4H2;3H,2H2,1H3;1H3;2H,1H3;;;;;;;/q;;;;;;;;;;;;;;2*+1;;;;-1/p-1/i;;;;;;;;;;;1D;;;;;;;;. The van der Waals surface area contributed by atoms with Crippen LogP contribution in [0.3, 0.4) is 0 Å². The number of nitrogens with zero attached hydrogens (tertiary/aromatic N) is 6. The molecular weight excluding hydrogens is 1880 g/mol. The number of aliphatic hydroxyl groups is 5. The van der Waals surface area contributed by atoms with Gasteiger partial charge in [-0.05, 0) is 168 Å². The van der Waals surface area contributed by atoms with E-state index in [9.17, 15) is 66.7 Å². The molecule has 0 unspecified atom stereocenters. The number of hydrogen-bond donors (Lipinski definition) is 9.